The van der Waals surface area contributed by atoms with Gasteiger partial charge in [-0.15, -0.1) is 0 Å². The second-order valence-electron chi connectivity index (χ2n) is 9.27. The van der Waals surface area contributed by atoms with Crippen LogP contribution in [0.3, 0.4) is 0 Å². The summed E-state index contributed by atoms with van der Waals surface area (Å²) in [7, 11) is 0. The fourth-order valence-electron chi connectivity index (χ4n) is 4.65. The highest BCUT2D eigenvalue weighted by atomic mass is 35.5. The van der Waals surface area contributed by atoms with Crippen molar-refractivity contribution in [3.05, 3.63) is 105 Å². The van der Waals surface area contributed by atoms with Crippen LogP contribution < -0.4 is 5.32 Å². The Labute approximate surface area is 237 Å². The number of likely N-dealkylation sites (N-methyl/N-ethyl adjacent to an activating group) is 1. The number of carbonyl (C=O) groups is 4. The zero-order valence-corrected chi connectivity index (χ0v) is 23.0. The van der Waals surface area contributed by atoms with Gasteiger partial charge in [0.1, 0.15) is 6.04 Å². The van der Waals surface area contributed by atoms with Gasteiger partial charge >= 0.3 is 0 Å². The Morgan fingerprint density at radius 1 is 0.923 bits per heavy atom. The van der Waals surface area contributed by atoms with Crippen molar-refractivity contribution in [1.29, 1.82) is 0 Å². The third-order valence-corrected chi connectivity index (χ3v) is 7.22. The summed E-state index contributed by atoms with van der Waals surface area (Å²) in [6.45, 7) is 2.42. The van der Waals surface area contributed by atoms with Crippen molar-refractivity contribution in [3.8, 4) is 0 Å². The Morgan fingerprint density at radius 2 is 1.56 bits per heavy atom. The fourth-order valence-corrected chi connectivity index (χ4v) is 5.12. The molecule has 1 aliphatic rings. The van der Waals surface area contributed by atoms with Crippen molar-refractivity contribution in [2.24, 2.45) is 0 Å². The summed E-state index contributed by atoms with van der Waals surface area (Å²) >= 11 is 12.5. The van der Waals surface area contributed by atoms with E-state index in [1.807, 2.05) is 37.3 Å². The quantitative estimate of drug-likeness (QED) is 0.326. The van der Waals surface area contributed by atoms with E-state index in [4.69, 9.17) is 23.2 Å². The number of nitrogens with one attached hydrogen (secondary N) is 1. The molecule has 0 aromatic heterocycles. The van der Waals surface area contributed by atoms with E-state index in [-0.39, 0.29) is 49.6 Å². The lowest BCUT2D eigenvalue weighted by Gasteiger charge is -2.32. The number of benzene rings is 3. The highest BCUT2D eigenvalue weighted by Gasteiger charge is 2.35. The highest BCUT2D eigenvalue weighted by Crippen LogP contribution is 2.26. The molecule has 1 unspecified atom stereocenters. The van der Waals surface area contributed by atoms with Crippen molar-refractivity contribution < 1.29 is 19.2 Å². The van der Waals surface area contributed by atoms with E-state index < -0.39 is 6.04 Å². The number of fused-ring (bicyclic) bond motifs is 1. The Balaban J connectivity index is 1.55. The predicted molar refractivity (Wildman–Crippen MR) is 151 cm³/mol. The van der Waals surface area contributed by atoms with Gasteiger partial charge in [-0.05, 0) is 48.7 Å². The van der Waals surface area contributed by atoms with Crippen molar-refractivity contribution in [2.75, 3.05) is 13.1 Å². The number of nitrogens with zero attached hydrogens (tertiary/aromatic N) is 2. The van der Waals surface area contributed by atoms with Crippen LogP contribution in [0.1, 0.15) is 51.6 Å². The van der Waals surface area contributed by atoms with Crippen LogP contribution in [0.2, 0.25) is 10.0 Å². The van der Waals surface area contributed by atoms with Gasteiger partial charge in [0.2, 0.25) is 11.8 Å². The zero-order chi connectivity index (χ0) is 27.9. The first kappa shape index (κ1) is 28.3. The SMILES string of the molecule is CCNC(=O)C(Cc1ccccc1)N(Cc1ccc(Cl)cc1Cl)C(=O)CCCN1C(=O)c2ccccc2C1=O. The molecule has 0 spiro atoms. The van der Waals surface area contributed by atoms with Crippen LogP contribution in [-0.4, -0.2) is 52.6 Å². The van der Waals surface area contributed by atoms with E-state index in [1.54, 1.807) is 42.5 Å². The summed E-state index contributed by atoms with van der Waals surface area (Å²) in [6.07, 6.45) is 0.591. The number of halogens is 2. The van der Waals surface area contributed by atoms with Gasteiger partial charge in [0, 0.05) is 42.5 Å². The van der Waals surface area contributed by atoms with Crippen LogP contribution in [0.25, 0.3) is 0 Å². The van der Waals surface area contributed by atoms with Crippen LogP contribution >= 0.6 is 23.2 Å². The fraction of sp³-hybridized carbons (Fsp3) is 0.267. The molecule has 3 aromatic rings. The molecule has 3 aromatic carbocycles. The van der Waals surface area contributed by atoms with Crippen LogP contribution in [0, 0.1) is 0 Å². The highest BCUT2D eigenvalue weighted by molar-refractivity contribution is 6.35. The van der Waals surface area contributed by atoms with Gasteiger partial charge in [-0.25, -0.2) is 0 Å². The van der Waals surface area contributed by atoms with E-state index in [0.717, 1.165) is 5.56 Å². The normalized spacial score (nSPS) is 13.3. The van der Waals surface area contributed by atoms with Gasteiger partial charge in [-0.1, -0.05) is 71.7 Å². The van der Waals surface area contributed by atoms with Crippen LogP contribution in [0.4, 0.5) is 0 Å². The maximum atomic E-state index is 13.7. The van der Waals surface area contributed by atoms with Gasteiger partial charge in [-0.3, -0.25) is 24.1 Å². The molecule has 0 saturated heterocycles. The minimum atomic E-state index is -0.800. The molecule has 7 nitrogen and oxygen atoms in total. The van der Waals surface area contributed by atoms with Gasteiger partial charge in [-0.2, -0.15) is 0 Å². The summed E-state index contributed by atoms with van der Waals surface area (Å²) in [6, 6.07) is 20.4. The number of imide groups is 1. The average Bonchev–Trinajstić information content (AvgIpc) is 3.17. The van der Waals surface area contributed by atoms with Crippen molar-refractivity contribution in [2.45, 2.75) is 38.8 Å². The Bertz CT molecular complexity index is 1340. The third-order valence-electron chi connectivity index (χ3n) is 6.63. The molecule has 202 valence electrons. The number of carbonyl (C=O) groups excluding carboxylic acids is 4. The Hall–Kier alpha value is -3.68. The number of amides is 4. The minimum Gasteiger partial charge on any atom is -0.355 e. The van der Waals surface area contributed by atoms with Gasteiger partial charge in [0.15, 0.2) is 0 Å². The van der Waals surface area contributed by atoms with Crippen molar-refractivity contribution in [1.82, 2.24) is 15.1 Å². The van der Waals surface area contributed by atoms with Gasteiger partial charge in [0.05, 0.1) is 11.1 Å². The summed E-state index contributed by atoms with van der Waals surface area (Å²) in [4.78, 5) is 55.1. The molecule has 1 atom stereocenters. The van der Waals surface area contributed by atoms with Gasteiger partial charge < -0.3 is 10.2 Å². The topological polar surface area (TPSA) is 86.8 Å². The predicted octanol–water partition coefficient (Wildman–Crippen LogP) is 5.15. The molecular formula is C30H29Cl2N3O4. The lowest BCUT2D eigenvalue weighted by atomic mass is 10.0. The number of hydrogen-bond acceptors (Lipinski definition) is 4. The van der Waals surface area contributed by atoms with E-state index in [9.17, 15) is 19.2 Å². The van der Waals surface area contributed by atoms with Gasteiger partial charge in [0.25, 0.3) is 11.8 Å². The molecule has 1 aliphatic heterocycles. The number of rotatable bonds is 11. The maximum absolute atomic E-state index is 13.7. The summed E-state index contributed by atoms with van der Waals surface area (Å²) in [5.74, 6) is -1.29. The first-order chi connectivity index (χ1) is 18.8. The molecule has 0 radical (unpaired) electrons. The molecule has 0 fully saturated rings. The monoisotopic (exact) mass is 565 g/mol. The van der Waals surface area contributed by atoms with E-state index >= 15 is 0 Å². The average molecular weight is 566 g/mol. The molecule has 0 saturated carbocycles. The molecule has 4 amide bonds. The zero-order valence-electron chi connectivity index (χ0n) is 21.5. The Kier molecular flexibility index (Phi) is 9.38. The first-order valence-electron chi connectivity index (χ1n) is 12.8. The largest absolute Gasteiger partial charge is 0.355 e. The van der Waals surface area contributed by atoms with Crippen LogP contribution in [-0.2, 0) is 22.6 Å². The molecule has 9 heteroatoms. The van der Waals surface area contributed by atoms with Crippen molar-refractivity contribution >= 4 is 46.8 Å². The van der Waals surface area contributed by atoms with Crippen LogP contribution in [0.5, 0.6) is 0 Å². The molecule has 0 aliphatic carbocycles. The molecular weight excluding hydrogens is 537 g/mol. The Morgan fingerprint density at radius 3 is 2.18 bits per heavy atom. The lowest BCUT2D eigenvalue weighted by molar-refractivity contribution is -0.141. The van der Waals surface area contributed by atoms with E-state index in [2.05, 4.69) is 5.32 Å². The second-order valence-corrected chi connectivity index (χ2v) is 10.1. The smallest absolute Gasteiger partial charge is 0.261 e. The number of hydrogen-bond donors (Lipinski definition) is 1. The lowest BCUT2D eigenvalue weighted by Crippen LogP contribution is -2.50. The summed E-state index contributed by atoms with van der Waals surface area (Å²) in [5, 5.41) is 3.70. The van der Waals surface area contributed by atoms with E-state index in [1.165, 1.54) is 9.80 Å². The molecule has 1 heterocycles. The summed E-state index contributed by atoms with van der Waals surface area (Å²) < 4.78 is 0. The standard InChI is InChI=1S/C30H29Cl2N3O4/c1-2-33-28(37)26(17-20-9-4-3-5-10-20)35(19-21-14-15-22(31)18-25(21)32)27(36)13-8-16-34-29(38)23-11-6-7-12-24(23)30(34)39/h3-7,9-12,14-15,18,26H,2,8,13,16-17,19H2,1H3,(H,33,37). The molecule has 0 bridgehead atoms. The summed E-state index contributed by atoms with van der Waals surface area (Å²) in [5.41, 5.74) is 2.29. The third kappa shape index (κ3) is 6.67. The molecule has 4 rings (SSSR count). The van der Waals surface area contributed by atoms with Crippen molar-refractivity contribution in [3.63, 3.8) is 0 Å². The molecule has 39 heavy (non-hydrogen) atoms. The molecule has 1 N–H and O–H groups in total. The van der Waals surface area contributed by atoms with Crippen LogP contribution in [0.15, 0.2) is 72.8 Å². The first-order valence-corrected chi connectivity index (χ1v) is 13.6. The maximum Gasteiger partial charge on any atom is 0.261 e. The van der Waals surface area contributed by atoms with E-state index in [0.29, 0.717) is 39.7 Å². The second kappa shape index (κ2) is 12.9. The minimum absolute atomic E-state index is 0.0311.